The highest BCUT2D eigenvalue weighted by Crippen LogP contribution is 2.57. The van der Waals surface area contributed by atoms with Crippen LogP contribution >= 0.6 is 0 Å². The Morgan fingerprint density at radius 1 is 0.467 bits per heavy atom. The Balaban J connectivity index is 1.32. The average Bonchev–Trinajstić information content (AvgIpc) is 3.61. The largest absolute Gasteiger partial charge is 0.308 e. The second-order valence-corrected chi connectivity index (χ2v) is 12.3. The third kappa shape index (κ3) is 3.12. The highest BCUT2D eigenvalue weighted by Gasteiger charge is 2.54. The summed E-state index contributed by atoms with van der Waals surface area (Å²) < 4.78 is 0. The number of benzene rings is 6. The number of rotatable bonds is 3. The molecule has 0 saturated heterocycles. The molecule has 1 aliphatic carbocycles. The molecular formula is C42H27BN2. The molecule has 3 heteroatoms. The lowest BCUT2D eigenvalue weighted by Crippen LogP contribution is -2.59. The Morgan fingerprint density at radius 2 is 1.07 bits per heavy atom. The fourth-order valence-corrected chi connectivity index (χ4v) is 8.72. The van der Waals surface area contributed by atoms with Crippen LogP contribution in [0.15, 0.2) is 164 Å². The van der Waals surface area contributed by atoms with Crippen molar-refractivity contribution in [1.82, 2.24) is 4.98 Å². The van der Waals surface area contributed by atoms with Crippen LogP contribution in [-0.2, 0) is 5.41 Å². The summed E-state index contributed by atoms with van der Waals surface area (Å²) in [5.74, 6) is 0. The summed E-state index contributed by atoms with van der Waals surface area (Å²) in [6.45, 7) is 0.152. The normalized spacial score (nSPS) is 13.9. The maximum atomic E-state index is 4.53. The Morgan fingerprint density at radius 3 is 1.82 bits per heavy atom. The van der Waals surface area contributed by atoms with Crippen molar-refractivity contribution >= 4 is 40.2 Å². The van der Waals surface area contributed by atoms with E-state index in [1.165, 1.54) is 66.6 Å². The predicted octanol–water partition coefficient (Wildman–Crippen LogP) is 7.72. The van der Waals surface area contributed by atoms with Crippen LogP contribution < -0.4 is 21.3 Å². The average molecular weight is 571 g/mol. The lowest BCUT2D eigenvalue weighted by Gasteiger charge is -2.42. The molecule has 3 heterocycles. The van der Waals surface area contributed by atoms with Crippen LogP contribution in [0.3, 0.4) is 0 Å². The highest BCUT2D eigenvalue weighted by molar-refractivity contribution is 7.00. The lowest BCUT2D eigenvalue weighted by atomic mass is 9.32. The van der Waals surface area contributed by atoms with Crippen molar-refractivity contribution in [3.8, 4) is 22.3 Å². The zero-order chi connectivity index (χ0) is 29.5. The zero-order valence-corrected chi connectivity index (χ0v) is 24.6. The van der Waals surface area contributed by atoms with Gasteiger partial charge in [-0.1, -0.05) is 138 Å². The standard InChI is InChI=1S/C42H27BN2/c1-2-13-28(14-3-1)45(29-15-12-26-44-27-29)39-25-11-24-38-40(39)32-18-10-22-36-41(32)43(38)37-23-9-8-21-35(37)42(36)33-19-6-4-16-30(33)31-17-5-7-20-34(31)42/h1-27H. The number of nitrogens with zero attached hydrogens (tertiary/aromatic N) is 2. The van der Waals surface area contributed by atoms with Gasteiger partial charge >= 0.3 is 0 Å². The molecule has 0 amide bonds. The predicted molar refractivity (Wildman–Crippen MR) is 186 cm³/mol. The molecule has 2 aliphatic heterocycles. The molecule has 0 saturated carbocycles. The molecule has 10 rings (SSSR count). The van der Waals surface area contributed by atoms with Gasteiger partial charge in [-0.15, -0.1) is 0 Å². The van der Waals surface area contributed by atoms with Gasteiger partial charge in [0.15, 0.2) is 0 Å². The van der Waals surface area contributed by atoms with Gasteiger partial charge in [0.1, 0.15) is 0 Å². The van der Waals surface area contributed by atoms with E-state index >= 15 is 0 Å². The van der Waals surface area contributed by atoms with Crippen LogP contribution in [0, 0.1) is 0 Å². The monoisotopic (exact) mass is 570 g/mol. The molecule has 1 spiro atoms. The molecule has 3 aliphatic rings. The zero-order valence-electron chi connectivity index (χ0n) is 24.6. The van der Waals surface area contributed by atoms with E-state index < -0.39 is 0 Å². The van der Waals surface area contributed by atoms with Gasteiger partial charge in [-0.25, -0.2) is 0 Å². The first-order chi connectivity index (χ1) is 22.4. The maximum absolute atomic E-state index is 4.53. The summed E-state index contributed by atoms with van der Waals surface area (Å²) in [6.07, 6.45) is 3.81. The lowest BCUT2D eigenvalue weighted by molar-refractivity contribution is 0.775. The van der Waals surface area contributed by atoms with Crippen LogP contribution in [0.2, 0.25) is 0 Å². The van der Waals surface area contributed by atoms with E-state index in [1.807, 2.05) is 18.5 Å². The number of hydrogen-bond acceptors (Lipinski definition) is 2. The van der Waals surface area contributed by atoms with Crippen molar-refractivity contribution in [2.45, 2.75) is 5.41 Å². The summed E-state index contributed by atoms with van der Waals surface area (Å²) in [5, 5.41) is 0. The number of pyridine rings is 1. The smallest absolute Gasteiger partial charge is 0.243 e. The SMILES string of the molecule is c1ccc(N(c2cccnc2)c2cccc3c2-c2cccc4c2B3c2ccccc2C42c3ccccc3-c3ccccc32)cc1. The highest BCUT2D eigenvalue weighted by atomic mass is 15.1. The number of anilines is 3. The minimum Gasteiger partial charge on any atom is -0.308 e. The van der Waals surface area contributed by atoms with Crippen molar-refractivity contribution in [2.75, 3.05) is 4.90 Å². The van der Waals surface area contributed by atoms with E-state index in [0.29, 0.717) is 0 Å². The number of fused-ring (bicyclic) bond motifs is 12. The van der Waals surface area contributed by atoms with Gasteiger partial charge in [0.2, 0.25) is 6.71 Å². The quantitative estimate of drug-likeness (QED) is 0.202. The summed E-state index contributed by atoms with van der Waals surface area (Å²) in [6, 6.07) is 56.1. The molecule has 0 bridgehead atoms. The van der Waals surface area contributed by atoms with Crippen molar-refractivity contribution < 1.29 is 0 Å². The van der Waals surface area contributed by atoms with E-state index in [1.54, 1.807) is 0 Å². The fourth-order valence-electron chi connectivity index (χ4n) is 8.72. The van der Waals surface area contributed by atoms with Gasteiger partial charge < -0.3 is 4.90 Å². The molecule has 208 valence electrons. The summed E-state index contributed by atoms with van der Waals surface area (Å²) in [7, 11) is 0. The topological polar surface area (TPSA) is 16.1 Å². The first kappa shape index (κ1) is 24.7. The summed E-state index contributed by atoms with van der Waals surface area (Å²) >= 11 is 0. The fraction of sp³-hybridized carbons (Fsp3) is 0.0238. The van der Waals surface area contributed by atoms with Gasteiger partial charge in [-0.05, 0) is 69.3 Å². The van der Waals surface area contributed by atoms with Gasteiger partial charge in [0.25, 0.3) is 0 Å². The molecule has 7 aromatic rings. The molecule has 45 heavy (non-hydrogen) atoms. The van der Waals surface area contributed by atoms with E-state index in [-0.39, 0.29) is 12.1 Å². The van der Waals surface area contributed by atoms with E-state index in [9.17, 15) is 0 Å². The molecule has 1 aromatic heterocycles. The van der Waals surface area contributed by atoms with Crippen LogP contribution in [0.1, 0.15) is 22.3 Å². The van der Waals surface area contributed by atoms with Gasteiger partial charge in [-0.3, -0.25) is 4.98 Å². The second-order valence-electron chi connectivity index (χ2n) is 12.3. The molecule has 0 unspecified atom stereocenters. The molecule has 0 radical (unpaired) electrons. The third-order valence-electron chi connectivity index (χ3n) is 10.2. The minimum atomic E-state index is -0.379. The van der Waals surface area contributed by atoms with Gasteiger partial charge in [-0.2, -0.15) is 0 Å². The summed E-state index contributed by atoms with van der Waals surface area (Å²) in [4.78, 5) is 6.89. The molecule has 6 aromatic carbocycles. The Kier molecular flexibility index (Phi) is 5.04. The van der Waals surface area contributed by atoms with E-state index in [4.69, 9.17) is 0 Å². The van der Waals surface area contributed by atoms with Gasteiger partial charge in [0, 0.05) is 17.4 Å². The van der Waals surface area contributed by atoms with Crippen LogP contribution in [-0.4, -0.2) is 11.7 Å². The Hall–Kier alpha value is -5.67. The molecule has 0 fully saturated rings. The van der Waals surface area contributed by atoms with Crippen LogP contribution in [0.5, 0.6) is 0 Å². The molecule has 0 atom stereocenters. The van der Waals surface area contributed by atoms with Crippen LogP contribution in [0.25, 0.3) is 22.3 Å². The van der Waals surface area contributed by atoms with E-state index in [0.717, 1.165) is 11.4 Å². The van der Waals surface area contributed by atoms with Gasteiger partial charge in [0.05, 0.1) is 23.0 Å². The Labute approximate surface area is 263 Å². The number of hydrogen-bond donors (Lipinski definition) is 0. The van der Waals surface area contributed by atoms with Crippen molar-refractivity contribution in [2.24, 2.45) is 0 Å². The van der Waals surface area contributed by atoms with Crippen LogP contribution in [0.4, 0.5) is 17.1 Å². The Bertz CT molecular complexity index is 2210. The number of aromatic nitrogens is 1. The molecular weight excluding hydrogens is 543 g/mol. The summed E-state index contributed by atoms with van der Waals surface area (Å²) in [5.41, 5.74) is 18.0. The molecule has 0 N–H and O–H groups in total. The number of para-hydroxylation sites is 1. The van der Waals surface area contributed by atoms with E-state index in [2.05, 4.69) is 155 Å². The maximum Gasteiger partial charge on any atom is 0.243 e. The molecule has 2 nitrogen and oxygen atoms in total. The first-order valence-electron chi connectivity index (χ1n) is 15.7. The second kappa shape index (κ2) is 9.17. The third-order valence-corrected chi connectivity index (χ3v) is 10.2. The van der Waals surface area contributed by atoms with Crippen molar-refractivity contribution in [3.05, 3.63) is 186 Å². The van der Waals surface area contributed by atoms with Crippen molar-refractivity contribution in [1.29, 1.82) is 0 Å². The first-order valence-corrected chi connectivity index (χ1v) is 15.7. The minimum absolute atomic E-state index is 0.152. The van der Waals surface area contributed by atoms with Crippen molar-refractivity contribution in [3.63, 3.8) is 0 Å².